The van der Waals surface area contributed by atoms with E-state index in [0.29, 0.717) is 11.3 Å². The van der Waals surface area contributed by atoms with Crippen LogP contribution < -0.4 is 5.32 Å². The van der Waals surface area contributed by atoms with Gasteiger partial charge >= 0.3 is 0 Å². The van der Waals surface area contributed by atoms with Crippen molar-refractivity contribution in [2.24, 2.45) is 0 Å². The zero-order chi connectivity index (χ0) is 17.4. The molecule has 1 unspecified atom stereocenters. The number of fused-ring (bicyclic) bond motifs is 1. The summed E-state index contributed by atoms with van der Waals surface area (Å²) in [4.78, 5) is 12.5. The third-order valence-electron chi connectivity index (χ3n) is 4.32. The fourth-order valence-electron chi connectivity index (χ4n) is 3.05. The molecule has 1 atom stereocenters. The molecule has 8 heteroatoms. The lowest BCUT2D eigenvalue weighted by atomic mass is 10.2. The average Bonchev–Trinajstić information content (AvgIpc) is 3.31. The number of nitrogens with zero attached hydrogens (tertiary/aromatic N) is 5. The summed E-state index contributed by atoms with van der Waals surface area (Å²) in [6.45, 7) is 2.75. The van der Waals surface area contributed by atoms with Crippen molar-refractivity contribution in [3.8, 4) is 5.69 Å². The quantitative estimate of drug-likeness (QED) is 0.788. The number of aromatic nitrogens is 5. The minimum atomic E-state index is -0.398. The smallest absolute Gasteiger partial charge is 0.255 e. The van der Waals surface area contributed by atoms with Crippen LogP contribution in [0.5, 0.6) is 0 Å². The number of hydrogen-bond acceptors (Lipinski definition) is 4. The Morgan fingerprint density at radius 2 is 2.16 bits per heavy atom. The van der Waals surface area contributed by atoms with Gasteiger partial charge in [0.2, 0.25) is 0 Å². The summed E-state index contributed by atoms with van der Waals surface area (Å²) in [5.74, 6) is 1.03. The SMILES string of the molecule is CC(NC(=O)c1cnn(-c2ccccc2F)c1)c1nnc2n1CCC2. The highest BCUT2D eigenvalue weighted by Crippen LogP contribution is 2.19. The van der Waals surface area contributed by atoms with Crippen LogP contribution in [0.4, 0.5) is 4.39 Å². The molecule has 0 saturated heterocycles. The third-order valence-corrected chi connectivity index (χ3v) is 4.32. The highest BCUT2D eigenvalue weighted by atomic mass is 19.1. The molecule has 7 nitrogen and oxygen atoms in total. The molecule has 1 aromatic carbocycles. The molecular formula is C17H17FN6O. The molecule has 3 aromatic rings. The maximum absolute atomic E-state index is 13.8. The van der Waals surface area contributed by atoms with E-state index in [1.165, 1.54) is 23.1 Å². The van der Waals surface area contributed by atoms with Gasteiger partial charge in [0.1, 0.15) is 17.3 Å². The van der Waals surface area contributed by atoms with Gasteiger partial charge in [0, 0.05) is 19.2 Å². The van der Waals surface area contributed by atoms with Crippen molar-refractivity contribution >= 4 is 5.91 Å². The monoisotopic (exact) mass is 340 g/mol. The Morgan fingerprint density at radius 1 is 1.32 bits per heavy atom. The van der Waals surface area contributed by atoms with Gasteiger partial charge in [-0.05, 0) is 25.5 Å². The van der Waals surface area contributed by atoms with Gasteiger partial charge in [-0.3, -0.25) is 4.79 Å². The molecule has 3 heterocycles. The molecule has 1 aliphatic heterocycles. The van der Waals surface area contributed by atoms with E-state index in [4.69, 9.17) is 0 Å². The van der Waals surface area contributed by atoms with Crippen LogP contribution in [0.25, 0.3) is 5.69 Å². The first-order valence-corrected chi connectivity index (χ1v) is 8.16. The van der Waals surface area contributed by atoms with E-state index in [1.807, 2.05) is 11.5 Å². The van der Waals surface area contributed by atoms with Crippen molar-refractivity contribution in [2.75, 3.05) is 0 Å². The molecule has 4 rings (SSSR count). The number of nitrogens with one attached hydrogen (secondary N) is 1. The molecule has 0 fully saturated rings. The van der Waals surface area contributed by atoms with Gasteiger partial charge in [-0.25, -0.2) is 9.07 Å². The van der Waals surface area contributed by atoms with Crippen LogP contribution >= 0.6 is 0 Å². The van der Waals surface area contributed by atoms with Crippen LogP contribution in [-0.4, -0.2) is 30.5 Å². The number of halogens is 1. The van der Waals surface area contributed by atoms with E-state index >= 15 is 0 Å². The van der Waals surface area contributed by atoms with Crippen LogP contribution in [0.3, 0.4) is 0 Å². The summed E-state index contributed by atoms with van der Waals surface area (Å²) in [6, 6.07) is 6.00. The lowest BCUT2D eigenvalue weighted by Gasteiger charge is -2.13. The Kier molecular flexibility index (Phi) is 3.79. The number of para-hydroxylation sites is 1. The first kappa shape index (κ1) is 15.5. The van der Waals surface area contributed by atoms with Crippen molar-refractivity contribution in [2.45, 2.75) is 32.4 Å². The van der Waals surface area contributed by atoms with E-state index in [2.05, 4.69) is 20.6 Å². The number of amides is 1. The van der Waals surface area contributed by atoms with E-state index in [9.17, 15) is 9.18 Å². The lowest BCUT2D eigenvalue weighted by Crippen LogP contribution is -2.28. The van der Waals surface area contributed by atoms with E-state index < -0.39 is 5.82 Å². The largest absolute Gasteiger partial charge is 0.342 e. The topological polar surface area (TPSA) is 77.6 Å². The van der Waals surface area contributed by atoms with Gasteiger partial charge in [0.25, 0.3) is 5.91 Å². The fraction of sp³-hybridized carbons (Fsp3) is 0.294. The zero-order valence-electron chi connectivity index (χ0n) is 13.7. The summed E-state index contributed by atoms with van der Waals surface area (Å²) in [7, 11) is 0. The Labute approximate surface area is 143 Å². The van der Waals surface area contributed by atoms with Gasteiger partial charge in [0.15, 0.2) is 5.82 Å². The molecule has 0 aliphatic carbocycles. The number of carbonyl (C=O) groups excluding carboxylic acids is 1. The van der Waals surface area contributed by atoms with Crippen molar-refractivity contribution < 1.29 is 9.18 Å². The summed E-state index contributed by atoms with van der Waals surface area (Å²) in [5, 5.41) is 15.3. The highest BCUT2D eigenvalue weighted by Gasteiger charge is 2.23. The molecule has 0 saturated carbocycles. The van der Waals surface area contributed by atoms with E-state index in [-0.39, 0.29) is 11.9 Å². The molecule has 25 heavy (non-hydrogen) atoms. The normalized spacial score (nSPS) is 14.3. The summed E-state index contributed by atoms with van der Waals surface area (Å²) in [5.41, 5.74) is 0.654. The Hall–Kier alpha value is -3.03. The second-order valence-electron chi connectivity index (χ2n) is 6.05. The highest BCUT2D eigenvalue weighted by molar-refractivity contribution is 5.94. The van der Waals surface area contributed by atoms with Gasteiger partial charge in [-0.15, -0.1) is 10.2 Å². The predicted molar refractivity (Wildman–Crippen MR) is 87.7 cm³/mol. The molecule has 1 amide bonds. The second-order valence-corrected chi connectivity index (χ2v) is 6.05. The molecule has 2 aromatic heterocycles. The molecular weight excluding hydrogens is 323 g/mol. The number of rotatable bonds is 4. The minimum absolute atomic E-state index is 0.274. The minimum Gasteiger partial charge on any atom is -0.342 e. The Bertz CT molecular complexity index is 931. The molecule has 0 spiro atoms. The molecule has 0 radical (unpaired) electrons. The Morgan fingerprint density at radius 3 is 3.00 bits per heavy atom. The van der Waals surface area contributed by atoms with Gasteiger partial charge in [0.05, 0.1) is 17.8 Å². The maximum atomic E-state index is 13.8. The number of aryl methyl sites for hydroxylation is 1. The van der Waals surface area contributed by atoms with Crippen LogP contribution in [0.15, 0.2) is 36.7 Å². The van der Waals surface area contributed by atoms with Crippen molar-refractivity contribution in [1.29, 1.82) is 0 Å². The first-order valence-electron chi connectivity index (χ1n) is 8.16. The van der Waals surface area contributed by atoms with Crippen LogP contribution in [0.1, 0.15) is 41.4 Å². The van der Waals surface area contributed by atoms with Crippen LogP contribution in [0, 0.1) is 5.82 Å². The Balaban J connectivity index is 1.51. The second kappa shape index (κ2) is 6.12. The summed E-state index contributed by atoms with van der Waals surface area (Å²) in [6.07, 6.45) is 4.90. The van der Waals surface area contributed by atoms with E-state index in [1.54, 1.807) is 18.2 Å². The fourth-order valence-corrected chi connectivity index (χ4v) is 3.05. The summed E-state index contributed by atoms with van der Waals surface area (Å²) < 4.78 is 17.2. The number of carbonyl (C=O) groups is 1. The zero-order valence-corrected chi connectivity index (χ0v) is 13.7. The molecule has 1 N–H and O–H groups in total. The van der Waals surface area contributed by atoms with Crippen LogP contribution in [0.2, 0.25) is 0 Å². The first-order chi connectivity index (χ1) is 12.1. The van der Waals surface area contributed by atoms with Crippen molar-refractivity contribution in [3.63, 3.8) is 0 Å². The number of hydrogen-bond donors (Lipinski definition) is 1. The molecule has 128 valence electrons. The van der Waals surface area contributed by atoms with Crippen molar-refractivity contribution in [3.05, 3.63) is 59.7 Å². The summed E-state index contributed by atoms with van der Waals surface area (Å²) >= 11 is 0. The third kappa shape index (κ3) is 2.79. The predicted octanol–water partition coefficient (Wildman–Crippen LogP) is 2.04. The van der Waals surface area contributed by atoms with Gasteiger partial charge in [-0.1, -0.05) is 12.1 Å². The maximum Gasteiger partial charge on any atom is 0.255 e. The standard InChI is InChI=1S/C17H17FN6O/c1-11(16-22-21-15-7-4-8-23(15)16)20-17(25)12-9-19-24(10-12)14-6-3-2-5-13(14)18/h2-3,5-6,9-11H,4,7-8H2,1H3,(H,20,25). The van der Waals surface area contributed by atoms with Crippen molar-refractivity contribution in [1.82, 2.24) is 29.9 Å². The van der Waals surface area contributed by atoms with Gasteiger partial charge in [-0.2, -0.15) is 5.10 Å². The van der Waals surface area contributed by atoms with Gasteiger partial charge < -0.3 is 9.88 Å². The molecule has 1 aliphatic rings. The average molecular weight is 340 g/mol. The molecule has 0 bridgehead atoms. The lowest BCUT2D eigenvalue weighted by molar-refractivity contribution is 0.0937. The van der Waals surface area contributed by atoms with E-state index in [0.717, 1.165) is 31.0 Å². The van der Waals surface area contributed by atoms with Crippen LogP contribution in [-0.2, 0) is 13.0 Å². The number of benzene rings is 1.